The van der Waals surface area contributed by atoms with Gasteiger partial charge in [0.05, 0.1) is 12.1 Å². The van der Waals surface area contributed by atoms with Gasteiger partial charge < -0.3 is 4.90 Å². The monoisotopic (exact) mass is 341 g/mol. The van der Waals surface area contributed by atoms with Crippen LogP contribution in [0.4, 0.5) is 0 Å². The van der Waals surface area contributed by atoms with Gasteiger partial charge >= 0.3 is 0 Å². The highest BCUT2D eigenvalue weighted by Gasteiger charge is 2.11. The zero-order valence-electron chi connectivity index (χ0n) is 9.77. The molecule has 1 aliphatic heterocycles. The van der Waals surface area contributed by atoms with Gasteiger partial charge in [0.1, 0.15) is 0 Å². The number of halogens is 1. The molecular formula is C13H16IN3. The highest BCUT2D eigenvalue weighted by atomic mass is 127. The van der Waals surface area contributed by atoms with Crippen LogP contribution in [0.1, 0.15) is 12.8 Å². The summed E-state index contributed by atoms with van der Waals surface area (Å²) in [5.41, 5.74) is 1.11. The van der Waals surface area contributed by atoms with Crippen molar-refractivity contribution in [2.45, 2.75) is 19.4 Å². The molecule has 0 N–H and O–H groups in total. The van der Waals surface area contributed by atoms with Crippen LogP contribution < -0.4 is 0 Å². The Morgan fingerprint density at radius 2 is 2.00 bits per heavy atom. The smallest absolute Gasteiger partial charge is 0.0933 e. The maximum atomic E-state index is 4.62. The van der Waals surface area contributed by atoms with Crippen molar-refractivity contribution in [3.63, 3.8) is 0 Å². The molecule has 0 unspecified atom stereocenters. The molecule has 0 aliphatic carbocycles. The average Bonchev–Trinajstić information content (AvgIpc) is 2.94. The Hall–Kier alpha value is -0.620. The molecule has 1 aliphatic rings. The molecule has 1 saturated heterocycles. The second-order valence-corrected chi connectivity index (χ2v) is 5.89. The van der Waals surface area contributed by atoms with Gasteiger partial charge in [-0.15, -0.1) is 0 Å². The lowest BCUT2D eigenvalue weighted by Crippen LogP contribution is -2.24. The molecule has 1 aromatic carbocycles. The largest absolute Gasteiger partial charge is 0.301 e. The van der Waals surface area contributed by atoms with Gasteiger partial charge in [-0.05, 0) is 60.7 Å². The summed E-state index contributed by atoms with van der Waals surface area (Å²) in [4.78, 5) is 2.52. The third kappa shape index (κ3) is 2.63. The fourth-order valence-electron chi connectivity index (χ4n) is 2.41. The quantitative estimate of drug-likeness (QED) is 0.801. The maximum absolute atomic E-state index is 4.62. The molecule has 3 rings (SSSR count). The van der Waals surface area contributed by atoms with Crippen LogP contribution in [0, 0.1) is 3.57 Å². The molecule has 0 spiro atoms. The van der Waals surface area contributed by atoms with Gasteiger partial charge in [-0.1, -0.05) is 6.07 Å². The van der Waals surface area contributed by atoms with Crippen LogP contribution in [0.15, 0.2) is 24.4 Å². The first-order chi connectivity index (χ1) is 8.31. The molecule has 2 aromatic rings. The molecule has 0 bridgehead atoms. The zero-order chi connectivity index (χ0) is 11.7. The first-order valence-electron chi connectivity index (χ1n) is 6.16. The lowest BCUT2D eigenvalue weighted by molar-refractivity contribution is 0.316. The van der Waals surface area contributed by atoms with Crippen molar-refractivity contribution < 1.29 is 0 Å². The van der Waals surface area contributed by atoms with E-state index in [1.807, 2.05) is 0 Å². The van der Waals surface area contributed by atoms with E-state index in [1.54, 1.807) is 0 Å². The van der Waals surface area contributed by atoms with Crippen molar-refractivity contribution in [2.24, 2.45) is 0 Å². The highest BCUT2D eigenvalue weighted by Crippen LogP contribution is 2.16. The number of benzene rings is 1. The Balaban J connectivity index is 1.72. The van der Waals surface area contributed by atoms with E-state index in [0.29, 0.717) is 0 Å². The van der Waals surface area contributed by atoms with Crippen LogP contribution in [0.2, 0.25) is 0 Å². The molecule has 1 fully saturated rings. The fourth-order valence-corrected chi connectivity index (χ4v) is 2.88. The van der Waals surface area contributed by atoms with Gasteiger partial charge in [-0.25, -0.2) is 0 Å². The molecule has 3 nitrogen and oxygen atoms in total. The van der Waals surface area contributed by atoms with Gasteiger partial charge in [0.15, 0.2) is 0 Å². The van der Waals surface area contributed by atoms with Crippen LogP contribution in [0.3, 0.4) is 0 Å². The first-order valence-corrected chi connectivity index (χ1v) is 7.24. The summed E-state index contributed by atoms with van der Waals surface area (Å²) >= 11 is 2.33. The van der Waals surface area contributed by atoms with Crippen LogP contribution >= 0.6 is 22.6 Å². The first kappa shape index (κ1) is 11.5. The molecule has 0 radical (unpaired) electrons. The van der Waals surface area contributed by atoms with Crippen LogP contribution in [0.25, 0.3) is 10.9 Å². The van der Waals surface area contributed by atoms with E-state index in [9.17, 15) is 0 Å². The minimum absolute atomic E-state index is 1.01. The summed E-state index contributed by atoms with van der Waals surface area (Å²) in [5, 5.41) is 5.86. The highest BCUT2D eigenvalue weighted by molar-refractivity contribution is 14.1. The molecule has 0 atom stereocenters. The van der Waals surface area contributed by atoms with Crippen molar-refractivity contribution >= 4 is 33.5 Å². The Bertz CT molecular complexity index is 514. The van der Waals surface area contributed by atoms with Crippen LogP contribution in [-0.2, 0) is 6.54 Å². The predicted octanol–water partition coefficient (Wildman–Crippen LogP) is 2.74. The van der Waals surface area contributed by atoms with Gasteiger partial charge in [-0.2, -0.15) is 5.10 Å². The van der Waals surface area contributed by atoms with E-state index in [1.165, 1.54) is 34.9 Å². The summed E-state index contributed by atoms with van der Waals surface area (Å²) in [6.07, 6.45) is 4.88. The van der Waals surface area contributed by atoms with Crippen molar-refractivity contribution in [3.05, 3.63) is 28.0 Å². The molecule has 2 heterocycles. The van der Waals surface area contributed by atoms with Crippen molar-refractivity contribution in [1.82, 2.24) is 14.7 Å². The lowest BCUT2D eigenvalue weighted by atomic mass is 10.3. The topological polar surface area (TPSA) is 21.1 Å². The summed E-state index contributed by atoms with van der Waals surface area (Å²) in [5.74, 6) is 0. The van der Waals surface area contributed by atoms with Gasteiger partial charge in [0.2, 0.25) is 0 Å². The maximum Gasteiger partial charge on any atom is 0.0933 e. The van der Waals surface area contributed by atoms with E-state index in [0.717, 1.165) is 18.6 Å². The second kappa shape index (κ2) is 4.94. The molecule has 0 saturated carbocycles. The number of hydrogen-bond acceptors (Lipinski definition) is 2. The molecule has 4 heteroatoms. The summed E-state index contributed by atoms with van der Waals surface area (Å²) in [7, 11) is 0. The van der Waals surface area contributed by atoms with Crippen LogP contribution in [-0.4, -0.2) is 34.3 Å². The second-order valence-electron chi connectivity index (χ2n) is 4.64. The predicted molar refractivity (Wildman–Crippen MR) is 78.1 cm³/mol. The van der Waals surface area contributed by atoms with E-state index in [-0.39, 0.29) is 0 Å². The minimum atomic E-state index is 1.01. The average molecular weight is 341 g/mol. The number of rotatable bonds is 3. The number of likely N-dealkylation sites (tertiary alicyclic amines) is 1. The molecule has 90 valence electrons. The number of fused-ring (bicyclic) bond motifs is 1. The molecule has 17 heavy (non-hydrogen) atoms. The van der Waals surface area contributed by atoms with E-state index < -0.39 is 0 Å². The summed E-state index contributed by atoms with van der Waals surface area (Å²) in [6, 6.07) is 6.42. The Morgan fingerprint density at radius 3 is 2.82 bits per heavy atom. The van der Waals surface area contributed by atoms with Gasteiger partial charge in [0.25, 0.3) is 0 Å². The standard InChI is InChI=1S/C13H16IN3/c14-12-4-3-11-10-17(15-13(11)9-12)8-7-16-5-1-2-6-16/h3-4,9-10H,1-2,5-8H2. The third-order valence-corrected chi connectivity index (χ3v) is 4.03. The van der Waals surface area contributed by atoms with E-state index in [4.69, 9.17) is 0 Å². The molecule has 1 aromatic heterocycles. The fraction of sp³-hybridized carbons (Fsp3) is 0.462. The van der Waals surface area contributed by atoms with E-state index in [2.05, 4.69) is 61.7 Å². The molecular weight excluding hydrogens is 325 g/mol. The SMILES string of the molecule is Ic1ccc2cn(CCN3CCCC3)nc2c1. The van der Waals surface area contributed by atoms with Crippen LogP contribution in [0.5, 0.6) is 0 Å². The third-order valence-electron chi connectivity index (χ3n) is 3.36. The van der Waals surface area contributed by atoms with Crippen molar-refractivity contribution in [1.29, 1.82) is 0 Å². The zero-order valence-corrected chi connectivity index (χ0v) is 11.9. The van der Waals surface area contributed by atoms with Gasteiger partial charge in [0, 0.05) is 21.7 Å². The van der Waals surface area contributed by atoms with Crippen molar-refractivity contribution in [3.8, 4) is 0 Å². The minimum Gasteiger partial charge on any atom is -0.301 e. The number of aromatic nitrogens is 2. The summed E-state index contributed by atoms with van der Waals surface area (Å²) in [6.45, 7) is 4.66. The molecule has 0 amide bonds. The number of hydrogen-bond donors (Lipinski definition) is 0. The normalized spacial score (nSPS) is 17.0. The van der Waals surface area contributed by atoms with E-state index >= 15 is 0 Å². The lowest BCUT2D eigenvalue weighted by Gasteiger charge is -2.13. The Morgan fingerprint density at radius 1 is 1.18 bits per heavy atom. The summed E-state index contributed by atoms with van der Waals surface area (Å²) < 4.78 is 3.33. The van der Waals surface area contributed by atoms with Gasteiger partial charge in [-0.3, -0.25) is 4.68 Å². The van der Waals surface area contributed by atoms with Crippen molar-refractivity contribution in [2.75, 3.05) is 19.6 Å². The Kier molecular flexibility index (Phi) is 3.33. The number of nitrogens with zero attached hydrogens (tertiary/aromatic N) is 3. The Labute approximate surface area is 115 Å².